The van der Waals surface area contributed by atoms with Gasteiger partial charge in [-0.1, -0.05) is 0 Å². The normalized spacial score (nSPS) is 12.5. The standard InChI is InChI=1S/C10H21NO3/c1-8(2)11(6-5-9(12)13)7-10(3,4)14/h8,14H,5-7H2,1-4H3,(H,12,13). The molecule has 0 rings (SSSR count). The molecule has 4 heteroatoms. The minimum atomic E-state index is -0.800. The van der Waals surface area contributed by atoms with Crippen LogP contribution in [0.2, 0.25) is 0 Å². The average Bonchev–Trinajstić information content (AvgIpc) is 1.94. The molecule has 0 aromatic heterocycles. The Kier molecular flexibility index (Phi) is 5.08. The van der Waals surface area contributed by atoms with Gasteiger partial charge in [0.2, 0.25) is 0 Å². The summed E-state index contributed by atoms with van der Waals surface area (Å²) in [6.07, 6.45) is 0.119. The number of carbonyl (C=O) groups is 1. The highest BCUT2D eigenvalue weighted by Gasteiger charge is 2.20. The van der Waals surface area contributed by atoms with E-state index in [1.165, 1.54) is 0 Å². The highest BCUT2D eigenvalue weighted by Crippen LogP contribution is 2.08. The van der Waals surface area contributed by atoms with Gasteiger partial charge in [-0.05, 0) is 27.7 Å². The van der Waals surface area contributed by atoms with Gasteiger partial charge < -0.3 is 10.2 Å². The van der Waals surface area contributed by atoms with Crippen LogP contribution in [0.5, 0.6) is 0 Å². The Morgan fingerprint density at radius 2 is 1.93 bits per heavy atom. The fraction of sp³-hybridized carbons (Fsp3) is 0.900. The van der Waals surface area contributed by atoms with Crippen LogP contribution in [0.25, 0.3) is 0 Å². The van der Waals surface area contributed by atoms with Crippen molar-refractivity contribution in [2.75, 3.05) is 13.1 Å². The molecular weight excluding hydrogens is 182 g/mol. The molecule has 0 spiro atoms. The summed E-state index contributed by atoms with van der Waals surface area (Å²) in [5.74, 6) is -0.800. The molecule has 0 atom stereocenters. The van der Waals surface area contributed by atoms with Crippen molar-refractivity contribution in [3.8, 4) is 0 Å². The van der Waals surface area contributed by atoms with E-state index in [1.807, 2.05) is 18.7 Å². The van der Waals surface area contributed by atoms with E-state index >= 15 is 0 Å². The van der Waals surface area contributed by atoms with E-state index in [-0.39, 0.29) is 12.5 Å². The first kappa shape index (κ1) is 13.4. The predicted octanol–water partition coefficient (Wildman–Crippen LogP) is 0.942. The third-order valence-corrected chi connectivity index (χ3v) is 1.93. The Labute approximate surface area is 85.5 Å². The molecule has 0 aromatic carbocycles. The zero-order valence-corrected chi connectivity index (χ0v) is 9.45. The minimum absolute atomic E-state index is 0.119. The van der Waals surface area contributed by atoms with Gasteiger partial charge in [0, 0.05) is 19.1 Å². The van der Waals surface area contributed by atoms with Crippen LogP contribution in [0.4, 0.5) is 0 Å². The fourth-order valence-corrected chi connectivity index (χ4v) is 1.26. The molecule has 2 N–H and O–H groups in total. The molecule has 0 aliphatic carbocycles. The van der Waals surface area contributed by atoms with E-state index < -0.39 is 11.6 Å². The monoisotopic (exact) mass is 203 g/mol. The predicted molar refractivity (Wildman–Crippen MR) is 55.3 cm³/mol. The molecule has 0 aliphatic heterocycles. The second kappa shape index (κ2) is 5.32. The van der Waals surface area contributed by atoms with Crippen LogP contribution in [0.3, 0.4) is 0 Å². The molecule has 0 fully saturated rings. The molecule has 0 unspecified atom stereocenters. The first-order valence-electron chi connectivity index (χ1n) is 4.90. The van der Waals surface area contributed by atoms with Gasteiger partial charge in [0.25, 0.3) is 0 Å². The van der Waals surface area contributed by atoms with Crippen LogP contribution in [-0.4, -0.2) is 45.8 Å². The lowest BCUT2D eigenvalue weighted by molar-refractivity contribution is -0.137. The number of carboxylic acid groups (broad SMARTS) is 1. The lowest BCUT2D eigenvalue weighted by atomic mass is 10.1. The van der Waals surface area contributed by atoms with Gasteiger partial charge >= 0.3 is 5.97 Å². The maximum atomic E-state index is 10.4. The fourth-order valence-electron chi connectivity index (χ4n) is 1.26. The number of rotatable bonds is 6. The molecule has 14 heavy (non-hydrogen) atoms. The molecule has 0 heterocycles. The van der Waals surface area contributed by atoms with E-state index in [1.54, 1.807) is 13.8 Å². The molecule has 0 bridgehead atoms. The van der Waals surface area contributed by atoms with E-state index in [2.05, 4.69) is 0 Å². The maximum Gasteiger partial charge on any atom is 0.304 e. The van der Waals surface area contributed by atoms with E-state index in [0.717, 1.165) is 0 Å². The van der Waals surface area contributed by atoms with Gasteiger partial charge in [0.05, 0.1) is 12.0 Å². The molecule has 0 saturated heterocycles. The molecular formula is C10H21NO3. The Morgan fingerprint density at radius 3 is 2.21 bits per heavy atom. The number of carboxylic acids is 1. The molecule has 0 saturated carbocycles. The molecule has 4 nitrogen and oxygen atoms in total. The number of nitrogens with zero attached hydrogens (tertiary/aromatic N) is 1. The van der Waals surface area contributed by atoms with Crippen molar-refractivity contribution in [3.05, 3.63) is 0 Å². The Bertz CT molecular complexity index is 184. The van der Waals surface area contributed by atoms with Crippen LogP contribution >= 0.6 is 0 Å². The van der Waals surface area contributed by atoms with Gasteiger partial charge in [0.15, 0.2) is 0 Å². The third-order valence-electron chi connectivity index (χ3n) is 1.93. The number of aliphatic hydroxyl groups is 1. The smallest absolute Gasteiger partial charge is 0.304 e. The highest BCUT2D eigenvalue weighted by atomic mass is 16.4. The van der Waals surface area contributed by atoms with Gasteiger partial charge in [-0.2, -0.15) is 0 Å². The van der Waals surface area contributed by atoms with Crippen LogP contribution in [-0.2, 0) is 4.79 Å². The molecule has 0 radical (unpaired) electrons. The number of hydrogen-bond acceptors (Lipinski definition) is 3. The molecule has 0 aliphatic rings. The zero-order chi connectivity index (χ0) is 11.4. The van der Waals surface area contributed by atoms with Crippen molar-refractivity contribution in [3.63, 3.8) is 0 Å². The zero-order valence-electron chi connectivity index (χ0n) is 9.45. The lowest BCUT2D eigenvalue weighted by Crippen LogP contribution is -2.43. The second-order valence-corrected chi connectivity index (χ2v) is 4.52. The van der Waals surface area contributed by atoms with E-state index in [4.69, 9.17) is 5.11 Å². The Balaban J connectivity index is 4.10. The van der Waals surface area contributed by atoms with E-state index in [9.17, 15) is 9.90 Å². The van der Waals surface area contributed by atoms with Gasteiger partial charge in [-0.25, -0.2) is 0 Å². The Morgan fingerprint density at radius 1 is 1.43 bits per heavy atom. The van der Waals surface area contributed by atoms with Crippen LogP contribution < -0.4 is 0 Å². The van der Waals surface area contributed by atoms with Crippen LogP contribution in [0.15, 0.2) is 0 Å². The summed E-state index contributed by atoms with van der Waals surface area (Å²) in [6.45, 7) is 8.42. The SMILES string of the molecule is CC(C)N(CCC(=O)O)CC(C)(C)O. The first-order valence-corrected chi connectivity index (χ1v) is 4.90. The second-order valence-electron chi connectivity index (χ2n) is 4.52. The summed E-state index contributed by atoms with van der Waals surface area (Å²) >= 11 is 0. The number of aliphatic carboxylic acids is 1. The van der Waals surface area contributed by atoms with Crippen molar-refractivity contribution in [1.29, 1.82) is 0 Å². The summed E-state index contributed by atoms with van der Waals surface area (Å²) in [4.78, 5) is 12.4. The largest absolute Gasteiger partial charge is 0.481 e. The summed E-state index contributed by atoms with van der Waals surface area (Å²) in [5, 5.41) is 18.2. The number of hydrogen-bond donors (Lipinski definition) is 2. The highest BCUT2D eigenvalue weighted by molar-refractivity contribution is 5.66. The summed E-state index contributed by atoms with van der Waals surface area (Å²) in [6, 6.07) is 0.251. The minimum Gasteiger partial charge on any atom is -0.481 e. The van der Waals surface area contributed by atoms with Crippen molar-refractivity contribution >= 4 is 5.97 Å². The lowest BCUT2D eigenvalue weighted by Gasteiger charge is -2.31. The average molecular weight is 203 g/mol. The van der Waals surface area contributed by atoms with Gasteiger partial charge in [-0.3, -0.25) is 9.69 Å². The summed E-state index contributed by atoms with van der Waals surface area (Å²) in [7, 11) is 0. The molecule has 84 valence electrons. The summed E-state index contributed by atoms with van der Waals surface area (Å²) in [5.41, 5.74) is -0.775. The van der Waals surface area contributed by atoms with Gasteiger partial charge in [0.1, 0.15) is 0 Å². The maximum absolute atomic E-state index is 10.4. The van der Waals surface area contributed by atoms with Crippen molar-refractivity contribution in [2.45, 2.75) is 45.8 Å². The molecule has 0 aromatic rings. The summed E-state index contributed by atoms with van der Waals surface area (Å²) < 4.78 is 0. The van der Waals surface area contributed by atoms with E-state index in [0.29, 0.717) is 13.1 Å². The quantitative estimate of drug-likeness (QED) is 0.674. The van der Waals surface area contributed by atoms with Crippen molar-refractivity contribution < 1.29 is 15.0 Å². The van der Waals surface area contributed by atoms with Crippen LogP contribution in [0.1, 0.15) is 34.1 Å². The van der Waals surface area contributed by atoms with Gasteiger partial charge in [-0.15, -0.1) is 0 Å². The third kappa shape index (κ3) is 6.86. The molecule has 0 amide bonds. The van der Waals surface area contributed by atoms with Crippen molar-refractivity contribution in [2.24, 2.45) is 0 Å². The van der Waals surface area contributed by atoms with Crippen molar-refractivity contribution in [1.82, 2.24) is 4.90 Å². The first-order chi connectivity index (χ1) is 6.22. The Hall–Kier alpha value is -0.610. The topological polar surface area (TPSA) is 60.8 Å². The van der Waals surface area contributed by atoms with Crippen LogP contribution in [0, 0.1) is 0 Å².